The molecule has 1 amide bonds. The third kappa shape index (κ3) is 3.60. The van der Waals surface area contributed by atoms with Gasteiger partial charge in [-0.15, -0.1) is 0 Å². The molecule has 0 fully saturated rings. The van der Waals surface area contributed by atoms with Crippen LogP contribution in [0.4, 0.5) is 5.82 Å². The van der Waals surface area contributed by atoms with E-state index >= 15 is 0 Å². The minimum Gasteiger partial charge on any atom is -0.368 e. The molecule has 0 atom stereocenters. The number of carbonyl (C=O) groups excluding carboxylic acids is 1. The average Bonchev–Trinajstić information content (AvgIpc) is 3.41. The van der Waals surface area contributed by atoms with Gasteiger partial charge in [-0.25, -0.2) is 4.98 Å². The number of benzene rings is 2. The summed E-state index contributed by atoms with van der Waals surface area (Å²) < 4.78 is 1.80. The monoisotopic (exact) mass is 422 g/mol. The summed E-state index contributed by atoms with van der Waals surface area (Å²) >= 11 is 0. The molecule has 0 unspecified atom stereocenters. The van der Waals surface area contributed by atoms with Crippen molar-refractivity contribution in [1.82, 2.24) is 24.9 Å². The Balaban J connectivity index is 1.33. The first-order valence-electron chi connectivity index (χ1n) is 10.6. The molecule has 2 aromatic carbocycles. The Kier molecular flexibility index (Phi) is 5.11. The number of para-hydroxylation sites is 1. The number of hydrogen-bond acceptors (Lipinski definition) is 4. The normalized spacial score (nSPS) is 11.2. The predicted octanol–water partition coefficient (Wildman–Crippen LogP) is 2.29. The van der Waals surface area contributed by atoms with Gasteiger partial charge in [0.25, 0.3) is 5.91 Å². The number of fused-ring (bicyclic) bond motifs is 2. The van der Waals surface area contributed by atoms with Crippen LogP contribution in [0.1, 0.15) is 15.9 Å². The van der Waals surface area contributed by atoms with Gasteiger partial charge in [0.1, 0.15) is 13.7 Å². The summed E-state index contributed by atoms with van der Waals surface area (Å²) in [5.41, 5.74) is 6.57. The zero-order valence-corrected chi connectivity index (χ0v) is 18.0. The fourth-order valence-electron chi connectivity index (χ4n) is 3.92. The fraction of sp³-hybridized carbons (Fsp3) is 0.125. The van der Waals surface area contributed by atoms with E-state index in [4.69, 9.17) is 4.98 Å². The summed E-state index contributed by atoms with van der Waals surface area (Å²) in [5, 5.41) is 11.8. The van der Waals surface area contributed by atoms with Gasteiger partial charge >= 0.3 is 0 Å². The number of aromatic nitrogens is 4. The molecule has 0 bridgehead atoms. The maximum Gasteiger partial charge on any atom is 0.253 e. The molecule has 0 spiro atoms. The van der Waals surface area contributed by atoms with Gasteiger partial charge < -0.3 is 15.6 Å². The zero-order chi connectivity index (χ0) is 22.1. The molecule has 0 saturated heterocycles. The van der Waals surface area contributed by atoms with Crippen molar-refractivity contribution in [2.24, 2.45) is 0 Å². The van der Waals surface area contributed by atoms with Crippen LogP contribution in [-0.2, 0) is 0 Å². The summed E-state index contributed by atoms with van der Waals surface area (Å²) in [4.78, 5) is 20.6. The van der Waals surface area contributed by atoms with E-state index in [9.17, 15) is 4.79 Å². The van der Waals surface area contributed by atoms with Crippen molar-refractivity contribution < 1.29 is 4.79 Å². The van der Waals surface area contributed by atoms with E-state index < -0.39 is 0 Å². The third-order valence-corrected chi connectivity index (χ3v) is 5.62. The number of nitrogens with one attached hydrogen (secondary N) is 3. The number of hydrogen-bond donors (Lipinski definition) is 3. The molecule has 5 rings (SSSR count). The van der Waals surface area contributed by atoms with Crippen LogP contribution >= 0.6 is 0 Å². The lowest BCUT2D eigenvalue weighted by atomic mass is 10.00. The van der Waals surface area contributed by atoms with Crippen LogP contribution in [0.15, 0.2) is 67.0 Å². The second kappa shape index (κ2) is 8.22. The smallest absolute Gasteiger partial charge is 0.253 e. The van der Waals surface area contributed by atoms with Crippen LogP contribution in [0.2, 0.25) is 0 Å². The van der Waals surface area contributed by atoms with E-state index in [1.807, 2.05) is 56.5 Å². The molecule has 3 aromatic heterocycles. The number of H-pyrrole nitrogens is 1. The largest absolute Gasteiger partial charge is 0.368 e. The van der Waals surface area contributed by atoms with Crippen LogP contribution in [0, 0.1) is 6.92 Å². The summed E-state index contributed by atoms with van der Waals surface area (Å²) in [5.74, 6) is 0.738. The van der Waals surface area contributed by atoms with Gasteiger partial charge in [0.15, 0.2) is 5.65 Å². The third-order valence-electron chi connectivity index (χ3n) is 5.62. The first-order valence-corrected chi connectivity index (χ1v) is 10.6. The maximum absolute atomic E-state index is 12.6. The van der Waals surface area contributed by atoms with Crippen molar-refractivity contribution in [3.63, 3.8) is 0 Å². The second-order valence-electron chi connectivity index (χ2n) is 7.84. The first-order chi connectivity index (χ1) is 15.6. The molecular formula is C24H23BN6O. The van der Waals surface area contributed by atoms with Crippen molar-refractivity contribution in [3.8, 4) is 11.3 Å². The van der Waals surface area contributed by atoms with Crippen molar-refractivity contribution in [3.05, 3.63) is 78.1 Å². The Hall–Kier alpha value is -4.07. The summed E-state index contributed by atoms with van der Waals surface area (Å²) in [6, 6.07) is 18.0. The van der Waals surface area contributed by atoms with Crippen molar-refractivity contribution in [2.75, 3.05) is 18.4 Å². The second-order valence-corrected chi connectivity index (χ2v) is 7.84. The Labute approximate surface area is 186 Å². The molecule has 3 N–H and O–H groups in total. The standard InChI is InChI=1S/C24H23BN6O/c1-15-6-2-3-7-16(15)21-12-22(31-23(30-21)19(25)14-29-31)26-10-11-27-24(32)18-13-28-20-9-5-4-8-17(18)20/h2-9,12-14,26,28H,10-11,25H2,1H3,(H,27,32). The van der Waals surface area contributed by atoms with E-state index in [0.29, 0.717) is 18.7 Å². The minimum atomic E-state index is -0.0975. The highest BCUT2D eigenvalue weighted by Crippen LogP contribution is 2.24. The van der Waals surface area contributed by atoms with Crippen LogP contribution in [0.5, 0.6) is 0 Å². The number of nitrogens with zero attached hydrogens (tertiary/aromatic N) is 3. The lowest BCUT2D eigenvalue weighted by molar-refractivity contribution is 0.0957. The number of aryl methyl sites for hydroxylation is 1. The summed E-state index contributed by atoms with van der Waals surface area (Å²) in [6.45, 7) is 3.11. The quantitative estimate of drug-likeness (QED) is 0.290. The molecule has 5 aromatic rings. The molecule has 8 heteroatoms. The van der Waals surface area contributed by atoms with Crippen LogP contribution < -0.4 is 16.1 Å². The Morgan fingerprint density at radius 1 is 1.12 bits per heavy atom. The van der Waals surface area contributed by atoms with Crippen molar-refractivity contribution >= 4 is 41.6 Å². The summed E-state index contributed by atoms with van der Waals surface area (Å²) in [6.07, 6.45) is 3.56. The van der Waals surface area contributed by atoms with Gasteiger partial charge in [-0.1, -0.05) is 42.5 Å². The first kappa shape index (κ1) is 19.9. The minimum absolute atomic E-state index is 0.0975. The van der Waals surface area contributed by atoms with Gasteiger partial charge in [0.05, 0.1) is 11.3 Å². The Morgan fingerprint density at radius 2 is 1.94 bits per heavy atom. The van der Waals surface area contributed by atoms with E-state index in [1.54, 1.807) is 10.7 Å². The highest BCUT2D eigenvalue weighted by atomic mass is 16.1. The number of rotatable bonds is 6. The molecule has 158 valence electrons. The lowest BCUT2D eigenvalue weighted by Gasteiger charge is -2.12. The highest BCUT2D eigenvalue weighted by Gasteiger charge is 2.13. The average molecular weight is 422 g/mol. The van der Waals surface area contributed by atoms with Crippen LogP contribution in [0.3, 0.4) is 0 Å². The van der Waals surface area contributed by atoms with Gasteiger partial charge in [0.2, 0.25) is 0 Å². The molecule has 0 aliphatic rings. The van der Waals surface area contributed by atoms with Gasteiger partial charge in [-0.05, 0) is 24.0 Å². The molecule has 0 radical (unpaired) electrons. The number of carbonyl (C=O) groups is 1. The van der Waals surface area contributed by atoms with Crippen molar-refractivity contribution in [1.29, 1.82) is 0 Å². The van der Waals surface area contributed by atoms with Crippen LogP contribution in [0.25, 0.3) is 27.8 Å². The Morgan fingerprint density at radius 3 is 2.81 bits per heavy atom. The van der Waals surface area contributed by atoms with E-state index in [0.717, 1.165) is 39.1 Å². The predicted molar refractivity (Wildman–Crippen MR) is 130 cm³/mol. The molecule has 0 aliphatic carbocycles. The van der Waals surface area contributed by atoms with Gasteiger partial charge in [0, 0.05) is 48.0 Å². The molecule has 0 aliphatic heterocycles. The fourth-order valence-corrected chi connectivity index (χ4v) is 3.92. The molecular weight excluding hydrogens is 399 g/mol. The van der Waals surface area contributed by atoms with E-state index in [1.165, 1.54) is 5.56 Å². The van der Waals surface area contributed by atoms with Crippen LogP contribution in [-0.4, -0.2) is 46.4 Å². The Bertz CT molecular complexity index is 1440. The van der Waals surface area contributed by atoms with E-state index in [-0.39, 0.29) is 5.91 Å². The number of aromatic amines is 1. The summed E-state index contributed by atoms with van der Waals surface area (Å²) in [7, 11) is 2.00. The molecule has 3 heterocycles. The lowest BCUT2D eigenvalue weighted by Crippen LogP contribution is -2.29. The SMILES string of the molecule is Bc1cnn2c(NCCNC(=O)c3c[nH]c4ccccc34)cc(-c3ccccc3C)nc12. The topological polar surface area (TPSA) is 87.1 Å². The van der Waals surface area contributed by atoms with Gasteiger partial charge in [-0.2, -0.15) is 9.61 Å². The molecule has 32 heavy (non-hydrogen) atoms. The van der Waals surface area contributed by atoms with Gasteiger partial charge in [-0.3, -0.25) is 4.79 Å². The van der Waals surface area contributed by atoms with Crippen molar-refractivity contribution in [2.45, 2.75) is 6.92 Å². The number of amides is 1. The number of anilines is 1. The highest BCUT2D eigenvalue weighted by molar-refractivity contribution is 6.36. The maximum atomic E-state index is 12.6. The molecule has 7 nitrogen and oxygen atoms in total. The van der Waals surface area contributed by atoms with E-state index in [2.05, 4.69) is 39.8 Å². The molecule has 0 saturated carbocycles. The zero-order valence-electron chi connectivity index (χ0n) is 18.0.